The molecule has 0 heterocycles. The van der Waals surface area contributed by atoms with Gasteiger partial charge >= 0.3 is 240 Å². The summed E-state index contributed by atoms with van der Waals surface area (Å²) in [5.74, 6) is -2.27. The Bertz CT molecular complexity index is 1460. The first-order chi connectivity index (χ1) is 21.9. The molecule has 246 valence electrons. The van der Waals surface area contributed by atoms with E-state index in [1.54, 1.807) is 52.0 Å². The molecule has 0 saturated heterocycles. The summed E-state index contributed by atoms with van der Waals surface area (Å²) in [6, 6.07) is 16.0. The number of allylic oxidation sites excluding steroid dienone is 2. The molecule has 11 nitrogen and oxygen atoms in total. The zero-order valence-electron chi connectivity index (χ0n) is 26.5. The van der Waals surface area contributed by atoms with E-state index in [1.165, 1.54) is 0 Å². The normalized spacial score (nSPS) is 13.4. The first-order valence-corrected chi connectivity index (χ1v) is 17.1. The molecule has 0 fully saturated rings. The molecule has 46 heavy (non-hydrogen) atoms. The van der Waals surface area contributed by atoms with Gasteiger partial charge in [-0.1, -0.05) is 30.3 Å². The van der Waals surface area contributed by atoms with Gasteiger partial charge in [-0.3, -0.25) is 0 Å². The van der Waals surface area contributed by atoms with Gasteiger partial charge in [-0.2, -0.15) is 0 Å². The number of rotatable bonds is 15. The zero-order chi connectivity index (χ0) is 33.7. The number of unbranched alkanes of at least 4 members (excludes halogenated alkanes) is 2. The Balaban J connectivity index is 1.53. The fraction of sp³-hybridized carbons (Fsp3) is 0.412. The van der Waals surface area contributed by atoms with Gasteiger partial charge in [0.1, 0.15) is 0 Å². The molecule has 0 aromatic heterocycles. The van der Waals surface area contributed by atoms with Crippen molar-refractivity contribution in [1.29, 1.82) is 0 Å². The quantitative estimate of drug-likeness (QED) is 0.120. The maximum atomic E-state index is 13.2. The van der Waals surface area contributed by atoms with Crippen LogP contribution in [0.2, 0.25) is 5.32 Å². The summed E-state index contributed by atoms with van der Waals surface area (Å²) in [4.78, 5) is 75.8. The summed E-state index contributed by atoms with van der Waals surface area (Å²) < 4.78 is 16.2. The van der Waals surface area contributed by atoms with Crippen LogP contribution in [-0.4, -0.2) is 75.3 Å². The monoisotopic (exact) mass is 700 g/mol. The van der Waals surface area contributed by atoms with Gasteiger partial charge < -0.3 is 0 Å². The van der Waals surface area contributed by atoms with Gasteiger partial charge in [0.25, 0.3) is 0 Å². The number of alkyl carbamates (subject to hydrolysis) is 1. The third-order valence-corrected chi connectivity index (χ3v) is 9.25. The Hall–Kier alpha value is -4.28. The van der Waals surface area contributed by atoms with Gasteiger partial charge in [0, 0.05) is 0 Å². The van der Waals surface area contributed by atoms with Crippen LogP contribution in [0, 0.1) is 0 Å². The van der Waals surface area contributed by atoms with E-state index >= 15 is 0 Å². The SMILES string of the molecule is CC1=C([Se]CC(OC(=O)CNC(=O)OC(C)(C)C)C(=O)NCCCCCC(=O)OCc2ccccc2)C(=O)c2ccccc2C1=O. The molecule has 0 aliphatic heterocycles. The van der Waals surface area contributed by atoms with Crippen LogP contribution in [0.4, 0.5) is 4.79 Å². The molecule has 1 aliphatic carbocycles. The molecule has 2 N–H and O–H groups in total. The number of Topliss-reactive ketones (excluding diaryl/α,β-unsaturated/α-hetero) is 2. The van der Waals surface area contributed by atoms with Gasteiger partial charge in [-0.15, -0.1) is 0 Å². The number of ketones is 2. The second kappa shape index (κ2) is 17.4. The van der Waals surface area contributed by atoms with E-state index in [9.17, 15) is 28.8 Å². The van der Waals surface area contributed by atoms with Crippen LogP contribution in [0.25, 0.3) is 0 Å². The fourth-order valence-corrected chi connectivity index (χ4v) is 6.62. The molecule has 2 aromatic rings. The van der Waals surface area contributed by atoms with E-state index in [-0.39, 0.29) is 42.4 Å². The molecule has 0 spiro atoms. The average molecular weight is 700 g/mol. The molecular weight excluding hydrogens is 659 g/mol. The topological polar surface area (TPSA) is 154 Å². The Morgan fingerprint density at radius 3 is 2.15 bits per heavy atom. The number of fused-ring (bicyclic) bond motifs is 1. The van der Waals surface area contributed by atoms with Crippen molar-refractivity contribution in [2.24, 2.45) is 0 Å². The van der Waals surface area contributed by atoms with E-state index in [4.69, 9.17) is 14.2 Å². The molecule has 0 radical (unpaired) electrons. The van der Waals surface area contributed by atoms with Crippen molar-refractivity contribution in [2.75, 3.05) is 13.1 Å². The number of ether oxygens (including phenoxy) is 3. The second-order valence-corrected chi connectivity index (χ2v) is 13.7. The number of benzene rings is 2. The zero-order valence-corrected chi connectivity index (χ0v) is 28.2. The van der Waals surface area contributed by atoms with Crippen molar-refractivity contribution in [3.8, 4) is 0 Å². The van der Waals surface area contributed by atoms with Gasteiger partial charge in [0.15, 0.2) is 0 Å². The Morgan fingerprint density at radius 1 is 0.826 bits per heavy atom. The fourth-order valence-electron chi connectivity index (χ4n) is 4.34. The second-order valence-electron chi connectivity index (χ2n) is 11.6. The summed E-state index contributed by atoms with van der Waals surface area (Å²) in [5.41, 5.74) is 1.09. The number of amides is 2. The minimum atomic E-state index is -1.26. The number of carbonyl (C=O) groups excluding carboxylic acids is 6. The predicted molar refractivity (Wildman–Crippen MR) is 170 cm³/mol. The summed E-state index contributed by atoms with van der Waals surface area (Å²) in [5, 5.41) is 5.05. The van der Waals surface area contributed by atoms with Crippen LogP contribution in [-0.2, 0) is 35.2 Å². The number of esters is 2. The molecule has 2 aromatic carbocycles. The van der Waals surface area contributed by atoms with Crippen LogP contribution in [0.15, 0.2) is 64.6 Å². The van der Waals surface area contributed by atoms with E-state index in [1.807, 2.05) is 30.3 Å². The summed E-state index contributed by atoms with van der Waals surface area (Å²) in [7, 11) is 0. The Labute approximate surface area is 275 Å². The number of nitrogens with one attached hydrogen (secondary N) is 2. The standard InChI is InChI=1S/C34H40N2O9Se/c1-22-29(39)24-15-10-11-16-25(24)30(40)31(22)46-21-26(44-28(38)19-36-33(42)45-34(2,3)4)32(41)35-18-12-6-9-17-27(37)43-20-23-13-7-5-8-14-23/h5,7-8,10-11,13-16,26H,6,9,12,17-21H2,1-4H3,(H,35,41)(H,36,42). The van der Waals surface area contributed by atoms with Crippen molar-refractivity contribution in [3.63, 3.8) is 0 Å². The van der Waals surface area contributed by atoms with E-state index < -0.39 is 51.2 Å². The molecule has 2 amide bonds. The summed E-state index contributed by atoms with van der Waals surface area (Å²) >= 11 is -0.689. The number of hydrogen-bond donors (Lipinski definition) is 2. The first-order valence-electron chi connectivity index (χ1n) is 15.0. The molecule has 0 bridgehead atoms. The van der Waals surface area contributed by atoms with E-state index in [0.29, 0.717) is 40.4 Å². The first kappa shape index (κ1) is 36.2. The predicted octanol–water partition coefficient (Wildman–Crippen LogP) is 4.32. The van der Waals surface area contributed by atoms with Crippen LogP contribution >= 0.6 is 0 Å². The molecule has 12 heteroatoms. The Kier molecular flexibility index (Phi) is 13.7. The van der Waals surface area contributed by atoms with Crippen molar-refractivity contribution in [1.82, 2.24) is 10.6 Å². The van der Waals surface area contributed by atoms with Gasteiger partial charge in [0.2, 0.25) is 0 Å². The van der Waals surface area contributed by atoms with Crippen LogP contribution in [0.5, 0.6) is 0 Å². The maximum absolute atomic E-state index is 13.2. The molecular formula is C34H40N2O9Se. The van der Waals surface area contributed by atoms with E-state index in [0.717, 1.165) is 5.56 Å². The third kappa shape index (κ3) is 11.6. The van der Waals surface area contributed by atoms with Crippen molar-refractivity contribution < 1.29 is 43.0 Å². The molecule has 1 unspecified atom stereocenters. The molecule has 1 aliphatic rings. The van der Waals surface area contributed by atoms with Gasteiger partial charge in [-0.05, 0) is 5.56 Å². The third-order valence-electron chi connectivity index (χ3n) is 6.62. The summed E-state index contributed by atoms with van der Waals surface area (Å²) in [6.45, 7) is 6.57. The minimum absolute atomic E-state index is 0.00186. The summed E-state index contributed by atoms with van der Waals surface area (Å²) in [6.07, 6.45) is -0.0367. The molecule has 0 saturated carbocycles. The molecule has 3 rings (SSSR count). The van der Waals surface area contributed by atoms with Crippen molar-refractivity contribution >= 4 is 50.5 Å². The Morgan fingerprint density at radius 2 is 1.48 bits per heavy atom. The van der Waals surface area contributed by atoms with Crippen LogP contribution in [0.1, 0.15) is 79.7 Å². The van der Waals surface area contributed by atoms with Crippen LogP contribution < -0.4 is 10.6 Å². The van der Waals surface area contributed by atoms with Crippen LogP contribution in [0.3, 0.4) is 0 Å². The van der Waals surface area contributed by atoms with Crippen molar-refractivity contribution in [2.45, 2.75) is 77.0 Å². The van der Waals surface area contributed by atoms with Gasteiger partial charge in [0.05, 0.1) is 0 Å². The number of hydrogen-bond acceptors (Lipinski definition) is 9. The van der Waals surface area contributed by atoms with E-state index in [2.05, 4.69) is 10.6 Å². The average Bonchev–Trinajstić information content (AvgIpc) is 3.02. The van der Waals surface area contributed by atoms with Crippen molar-refractivity contribution in [3.05, 3.63) is 81.3 Å². The van der Waals surface area contributed by atoms with Gasteiger partial charge in [-0.25, -0.2) is 0 Å². The number of carbonyl (C=O) groups is 6. The molecule has 1 atom stereocenters.